The molecule has 17 heavy (non-hydrogen) atoms. The fourth-order valence-corrected chi connectivity index (χ4v) is 2.27. The summed E-state index contributed by atoms with van der Waals surface area (Å²) in [6.07, 6.45) is 0.767. The second kappa shape index (κ2) is 5.27. The maximum absolute atomic E-state index is 13.1. The molecule has 0 spiro atoms. The Morgan fingerprint density at radius 1 is 1.35 bits per heavy atom. The molecule has 0 radical (unpaired) electrons. The lowest BCUT2D eigenvalue weighted by molar-refractivity contribution is 0.628. The van der Waals surface area contributed by atoms with Gasteiger partial charge in [-0.15, -0.1) is 0 Å². The molecule has 0 amide bonds. The highest BCUT2D eigenvalue weighted by Crippen LogP contribution is 2.24. The fraction of sp³-hybridized carbons (Fsp3) is 0.167. The smallest absolute Gasteiger partial charge is 0.161 e. The molecule has 5 heteroatoms. The van der Waals surface area contributed by atoms with Crippen molar-refractivity contribution in [2.75, 3.05) is 0 Å². The van der Waals surface area contributed by atoms with Crippen LogP contribution in [0, 0.1) is 9.39 Å². The third kappa shape index (κ3) is 2.74. The summed E-state index contributed by atoms with van der Waals surface area (Å²) in [5, 5.41) is 0.414. The summed E-state index contributed by atoms with van der Waals surface area (Å²) in [4.78, 5) is 8.57. The van der Waals surface area contributed by atoms with Gasteiger partial charge in [-0.1, -0.05) is 30.7 Å². The maximum atomic E-state index is 13.1. The Kier molecular flexibility index (Phi) is 3.93. The van der Waals surface area contributed by atoms with Crippen molar-refractivity contribution in [2.45, 2.75) is 13.3 Å². The highest BCUT2D eigenvalue weighted by atomic mass is 127. The first-order valence-electron chi connectivity index (χ1n) is 5.09. The van der Waals surface area contributed by atoms with Crippen molar-refractivity contribution < 1.29 is 4.39 Å². The maximum Gasteiger partial charge on any atom is 0.161 e. The lowest BCUT2D eigenvalue weighted by Crippen LogP contribution is -1.99. The summed E-state index contributed by atoms with van der Waals surface area (Å²) >= 11 is 8.15. The number of aromatic nitrogens is 2. The largest absolute Gasteiger partial charge is 0.232 e. The summed E-state index contributed by atoms with van der Waals surface area (Å²) in [6, 6.07) is 6.18. The molecule has 1 heterocycles. The predicted octanol–water partition coefficient (Wildman–Crippen LogP) is 4.10. The molecule has 1 aromatic carbocycles. The molecule has 1 aromatic heterocycles. The van der Waals surface area contributed by atoms with Gasteiger partial charge in [0, 0.05) is 5.56 Å². The van der Waals surface area contributed by atoms with Crippen LogP contribution in [0.4, 0.5) is 4.39 Å². The Balaban J connectivity index is 2.56. The van der Waals surface area contributed by atoms with Gasteiger partial charge in [-0.2, -0.15) is 0 Å². The minimum atomic E-state index is -0.307. The molecule has 0 aliphatic rings. The van der Waals surface area contributed by atoms with Gasteiger partial charge in [0.05, 0.1) is 9.26 Å². The molecule has 0 N–H and O–H groups in total. The molecular formula is C12H9ClFIN2. The highest BCUT2D eigenvalue weighted by Gasteiger charge is 2.11. The van der Waals surface area contributed by atoms with E-state index in [9.17, 15) is 4.39 Å². The topological polar surface area (TPSA) is 25.8 Å². The van der Waals surface area contributed by atoms with Gasteiger partial charge in [-0.3, -0.25) is 0 Å². The number of aryl methyl sites for hydroxylation is 1. The van der Waals surface area contributed by atoms with Crippen LogP contribution in [0.3, 0.4) is 0 Å². The minimum Gasteiger partial charge on any atom is -0.232 e. The molecule has 2 aromatic rings. The van der Waals surface area contributed by atoms with Crippen LogP contribution < -0.4 is 0 Å². The minimum absolute atomic E-state index is 0.307. The Labute approximate surface area is 117 Å². The van der Waals surface area contributed by atoms with Gasteiger partial charge in [0.15, 0.2) is 5.82 Å². The zero-order chi connectivity index (χ0) is 12.4. The number of nitrogens with zero attached hydrogens (tertiary/aromatic N) is 2. The zero-order valence-electron chi connectivity index (χ0n) is 9.04. The average Bonchev–Trinajstić information content (AvgIpc) is 2.32. The van der Waals surface area contributed by atoms with Crippen molar-refractivity contribution >= 4 is 34.2 Å². The van der Waals surface area contributed by atoms with Crippen LogP contribution in [0.5, 0.6) is 0 Å². The van der Waals surface area contributed by atoms with Crippen molar-refractivity contribution in [2.24, 2.45) is 0 Å². The highest BCUT2D eigenvalue weighted by molar-refractivity contribution is 14.1. The van der Waals surface area contributed by atoms with Gasteiger partial charge in [-0.25, -0.2) is 14.4 Å². The second-order valence-corrected chi connectivity index (χ2v) is 4.90. The van der Waals surface area contributed by atoms with E-state index in [1.54, 1.807) is 12.1 Å². The van der Waals surface area contributed by atoms with E-state index in [1.165, 1.54) is 12.1 Å². The van der Waals surface area contributed by atoms with Crippen molar-refractivity contribution in [1.82, 2.24) is 9.97 Å². The van der Waals surface area contributed by atoms with E-state index in [0.717, 1.165) is 15.7 Å². The van der Waals surface area contributed by atoms with Gasteiger partial charge in [0.25, 0.3) is 0 Å². The molecule has 0 saturated heterocycles. The normalized spacial score (nSPS) is 10.6. The molecule has 0 aliphatic heterocycles. The van der Waals surface area contributed by atoms with E-state index in [0.29, 0.717) is 16.5 Å². The van der Waals surface area contributed by atoms with Crippen LogP contribution in [-0.4, -0.2) is 9.97 Å². The van der Waals surface area contributed by atoms with Gasteiger partial charge in [0.2, 0.25) is 0 Å². The first kappa shape index (κ1) is 12.7. The molecule has 2 nitrogen and oxygen atoms in total. The Hall–Kier alpha value is -0.750. The average molecular weight is 363 g/mol. The van der Waals surface area contributed by atoms with Crippen LogP contribution in [0.2, 0.25) is 5.15 Å². The Morgan fingerprint density at radius 2 is 2.12 bits per heavy atom. The van der Waals surface area contributed by atoms with E-state index in [1.807, 2.05) is 6.92 Å². The first-order chi connectivity index (χ1) is 8.11. The van der Waals surface area contributed by atoms with Crippen molar-refractivity contribution in [3.8, 4) is 11.4 Å². The summed E-state index contributed by atoms with van der Waals surface area (Å²) in [5.41, 5.74) is 1.52. The lowest BCUT2D eigenvalue weighted by Gasteiger charge is -2.06. The van der Waals surface area contributed by atoms with Gasteiger partial charge in [-0.05, 0) is 41.1 Å². The number of hydrogen-bond donors (Lipinski definition) is 0. The van der Waals surface area contributed by atoms with Crippen LogP contribution in [0.1, 0.15) is 12.6 Å². The summed E-state index contributed by atoms with van der Waals surface area (Å²) in [5.74, 6) is 0.158. The van der Waals surface area contributed by atoms with Crippen molar-refractivity contribution in [3.05, 3.63) is 44.5 Å². The molecule has 0 fully saturated rings. The molecule has 0 aliphatic carbocycles. The first-order valence-corrected chi connectivity index (χ1v) is 6.55. The summed E-state index contributed by atoms with van der Waals surface area (Å²) in [6.45, 7) is 2.00. The van der Waals surface area contributed by atoms with Crippen molar-refractivity contribution in [1.29, 1.82) is 0 Å². The Bertz CT molecular complexity index is 560. The summed E-state index contributed by atoms with van der Waals surface area (Å²) < 4.78 is 14.0. The van der Waals surface area contributed by atoms with Gasteiger partial charge >= 0.3 is 0 Å². The summed E-state index contributed by atoms with van der Waals surface area (Å²) in [7, 11) is 0. The third-order valence-corrected chi connectivity index (χ3v) is 4.02. The lowest BCUT2D eigenvalue weighted by atomic mass is 10.2. The Morgan fingerprint density at radius 3 is 2.76 bits per heavy atom. The number of benzene rings is 1. The number of hydrogen-bond acceptors (Lipinski definition) is 2. The zero-order valence-corrected chi connectivity index (χ0v) is 12.0. The van der Waals surface area contributed by atoms with Gasteiger partial charge in [0.1, 0.15) is 11.0 Å². The predicted molar refractivity (Wildman–Crippen MR) is 74.5 cm³/mol. The molecule has 0 atom stereocenters. The van der Waals surface area contributed by atoms with Gasteiger partial charge < -0.3 is 0 Å². The second-order valence-electron chi connectivity index (χ2n) is 3.46. The SMILES string of the molecule is CCc1nc(-c2cccc(F)c2)nc(Cl)c1I. The van der Waals surface area contributed by atoms with Crippen LogP contribution in [0.25, 0.3) is 11.4 Å². The van der Waals surface area contributed by atoms with E-state index < -0.39 is 0 Å². The quantitative estimate of drug-likeness (QED) is 0.594. The van der Waals surface area contributed by atoms with Crippen molar-refractivity contribution in [3.63, 3.8) is 0 Å². The number of rotatable bonds is 2. The van der Waals surface area contributed by atoms with Crippen LogP contribution in [-0.2, 0) is 6.42 Å². The van der Waals surface area contributed by atoms with E-state index >= 15 is 0 Å². The van der Waals surface area contributed by atoms with Crippen LogP contribution >= 0.6 is 34.2 Å². The molecule has 0 unspecified atom stereocenters. The van der Waals surface area contributed by atoms with E-state index in [4.69, 9.17) is 11.6 Å². The molecule has 0 saturated carbocycles. The number of halogens is 3. The molecule has 0 bridgehead atoms. The standard InChI is InChI=1S/C12H9ClFIN2/c1-2-9-10(15)11(13)17-12(16-9)7-4-3-5-8(14)6-7/h3-6H,2H2,1H3. The molecular weight excluding hydrogens is 354 g/mol. The third-order valence-electron chi connectivity index (χ3n) is 2.30. The van der Waals surface area contributed by atoms with Crippen LogP contribution in [0.15, 0.2) is 24.3 Å². The fourth-order valence-electron chi connectivity index (χ4n) is 1.45. The van der Waals surface area contributed by atoms with E-state index in [2.05, 4.69) is 32.6 Å². The molecule has 2 rings (SSSR count). The molecule has 88 valence electrons. The van der Waals surface area contributed by atoms with E-state index in [-0.39, 0.29) is 5.82 Å². The monoisotopic (exact) mass is 362 g/mol.